The zero-order valence-electron chi connectivity index (χ0n) is 9.52. The van der Waals surface area contributed by atoms with Crippen molar-refractivity contribution in [1.82, 2.24) is 9.80 Å². The molecule has 0 unspecified atom stereocenters. The van der Waals surface area contributed by atoms with E-state index in [0.717, 1.165) is 38.8 Å². The Morgan fingerprint density at radius 3 is 1.94 bits per heavy atom. The first-order valence-corrected chi connectivity index (χ1v) is 6.01. The van der Waals surface area contributed by atoms with Gasteiger partial charge in [-0.05, 0) is 25.7 Å². The van der Waals surface area contributed by atoms with E-state index >= 15 is 0 Å². The number of hydrogen-bond donors (Lipinski definition) is 1. The number of nitrogens with two attached hydrogens (primary N) is 1. The van der Waals surface area contributed by atoms with Gasteiger partial charge in [0.15, 0.2) is 0 Å². The van der Waals surface area contributed by atoms with Crippen molar-refractivity contribution in [2.75, 3.05) is 26.2 Å². The van der Waals surface area contributed by atoms with Gasteiger partial charge >= 0.3 is 6.03 Å². The summed E-state index contributed by atoms with van der Waals surface area (Å²) in [4.78, 5) is 26.8. The van der Waals surface area contributed by atoms with Crippen LogP contribution < -0.4 is 5.73 Å². The normalized spacial score (nSPS) is 22.5. The maximum absolute atomic E-state index is 12.0. The minimum absolute atomic E-state index is 0.0392. The molecule has 2 saturated heterocycles. The van der Waals surface area contributed by atoms with Crippen molar-refractivity contribution in [2.24, 2.45) is 11.7 Å². The molecule has 2 aliphatic rings. The van der Waals surface area contributed by atoms with Gasteiger partial charge in [-0.1, -0.05) is 0 Å². The van der Waals surface area contributed by atoms with E-state index in [9.17, 15) is 9.59 Å². The van der Waals surface area contributed by atoms with Gasteiger partial charge in [-0.3, -0.25) is 4.79 Å². The highest BCUT2D eigenvalue weighted by molar-refractivity contribution is 5.78. The van der Waals surface area contributed by atoms with E-state index in [1.165, 1.54) is 0 Å². The van der Waals surface area contributed by atoms with Gasteiger partial charge in [-0.15, -0.1) is 0 Å². The molecule has 0 bridgehead atoms. The minimum atomic E-state index is -0.228. The smallest absolute Gasteiger partial charge is 0.319 e. The molecule has 90 valence electrons. The zero-order valence-corrected chi connectivity index (χ0v) is 9.52. The van der Waals surface area contributed by atoms with Crippen molar-refractivity contribution in [3.05, 3.63) is 0 Å². The van der Waals surface area contributed by atoms with Gasteiger partial charge < -0.3 is 15.5 Å². The number of rotatable bonds is 1. The van der Waals surface area contributed by atoms with E-state index in [1.54, 1.807) is 0 Å². The summed E-state index contributed by atoms with van der Waals surface area (Å²) in [5.41, 5.74) is 5.26. The van der Waals surface area contributed by atoms with Crippen LogP contribution in [-0.2, 0) is 4.79 Å². The van der Waals surface area contributed by atoms with Crippen LogP contribution in [0.4, 0.5) is 4.79 Å². The predicted octanol–water partition coefficient (Wildman–Crippen LogP) is 0.399. The van der Waals surface area contributed by atoms with Crippen molar-refractivity contribution < 1.29 is 9.59 Å². The van der Waals surface area contributed by atoms with E-state index in [0.29, 0.717) is 13.1 Å². The second-order valence-electron chi connectivity index (χ2n) is 4.64. The Balaban J connectivity index is 1.84. The van der Waals surface area contributed by atoms with Gasteiger partial charge in [0.2, 0.25) is 5.91 Å². The van der Waals surface area contributed by atoms with Gasteiger partial charge in [0.1, 0.15) is 0 Å². The highest BCUT2D eigenvalue weighted by Gasteiger charge is 2.29. The van der Waals surface area contributed by atoms with E-state index in [1.807, 2.05) is 9.80 Å². The molecule has 0 aliphatic carbocycles. The van der Waals surface area contributed by atoms with Crippen LogP contribution in [0.25, 0.3) is 0 Å². The molecule has 2 rings (SSSR count). The van der Waals surface area contributed by atoms with E-state index in [-0.39, 0.29) is 17.9 Å². The quantitative estimate of drug-likeness (QED) is 0.702. The first kappa shape index (κ1) is 11.2. The Hall–Kier alpha value is -1.26. The van der Waals surface area contributed by atoms with Crippen LogP contribution in [-0.4, -0.2) is 47.9 Å². The molecule has 0 aromatic heterocycles. The van der Waals surface area contributed by atoms with Gasteiger partial charge in [0.05, 0.1) is 0 Å². The predicted molar refractivity (Wildman–Crippen MR) is 59.7 cm³/mol. The zero-order chi connectivity index (χ0) is 11.5. The number of carbonyl (C=O) groups is 2. The molecule has 2 fully saturated rings. The van der Waals surface area contributed by atoms with Crippen molar-refractivity contribution in [3.8, 4) is 0 Å². The standard InChI is InChI=1S/C11H19N3O2/c12-10(15)9-3-7-14(8-4-9)11(16)13-5-1-2-6-13/h9H,1-8H2,(H2,12,15). The summed E-state index contributed by atoms with van der Waals surface area (Å²) < 4.78 is 0. The highest BCUT2D eigenvalue weighted by atomic mass is 16.2. The highest BCUT2D eigenvalue weighted by Crippen LogP contribution is 2.19. The van der Waals surface area contributed by atoms with Gasteiger partial charge in [-0.2, -0.15) is 0 Å². The number of urea groups is 1. The van der Waals surface area contributed by atoms with Crippen LogP contribution in [0.15, 0.2) is 0 Å². The Morgan fingerprint density at radius 1 is 0.938 bits per heavy atom. The van der Waals surface area contributed by atoms with Crippen LogP contribution in [0.2, 0.25) is 0 Å². The number of primary amides is 1. The third kappa shape index (κ3) is 2.28. The molecule has 0 radical (unpaired) electrons. The molecule has 0 aromatic carbocycles. The number of hydrogen-bond acceptors (Lipinski definition) is 2. The summed E-state index contributed by atoms with van der Waals surface area (Å²) in [5.74, 6) is -0.268. The lowest BCUT2D eigenvalue weighted by Crippen LogP contribution is -2.47. The first-order valence-electron chi connectivity index (χ1n) is 6.01. The van der Waals surface area contributed by atoms with Gasteiger partial charge in [-0.25, -0.2) is 4.79 Å². The maximum Gasteiger partial charge on any atom is 0.319 e. The number of carbonyl (C=O) groups excluding carboxylic acids is 2. The average Bonchev–Trinajstić information content (AvgIpc) is 2.81. The molecule has 16 heavy (non-hydrogen) atoms. The Kier molecular flexibility index (Phi) is 3.31. The molecule has 2 heterocycles. The molecule has 0 spiro atoms. The van der Waals surface area contributed by atoms with Crippen LogP contribution in [0.1, 0.15) is 25.7 Å². The van der Waals surface area contributed by atoms with Gasteiger partial charge in [0, 0.05) is 32.1 Å². The van der Waals surface area contributed by atoms with Crippen molar-refractivity contribution in [2.45, 2.75) is 25.7 Å². The second-order valence-corrected chi connectivity index (χ2v) is 4.64. The van der Waals surface area contributed by atoms with E-state index in [4.69, 9.17) is 5.73 Å². The Labute approximate surface area is 95.6 Å². The molecule has 0 saturated carbocycles. The molecule has 2 N–H and O–H groups in total. The largest absolute Gasteiger partial charge is 0.369 e. The summed E-state index contributed by atoms with van der Waals surface area (Å²) in [6.07, 6.45) is 3.66. The van der Waals surface area contributed by atoms with Crippen molar-refractivity contribution >= 4 is 11.9 Å². The van der Waals surface area contributed by atoms with Gasteiger partial charge in [0.25, 0.3) is 0 Å². The number of piperidine rings is 1. The molecular formula is C11H19N3O2. The molecule has 0 atom stereocenters. The summed E-state index contributed by atoms with van der Waals surface area (Å²) in [6.45, 7) is 3.11. The third-order valence-electron chi connectivity index (χ3n) is 3.54. The summed E-state index contributed by atoms with van der Waals surface area (Å²) >= 11 is 0. The molecule has 5 heteroatoms. The van der Waals surface area contributed by atoms with E-state index in [2.05, 4.69) is 0 Å². The molecule has 2 aliphatic heterocycles. The lowest BCUT2D eigenvalue weighted by molar-refractivity contribution is -0.123. The number of likely N-dealkylation sites (tertiary alicyclic amines) is 2. The first-order chi connectivity index (χ1) is 7.68. The molecular weight excluding hydrogens is 206 g/mol. The SMILES string of the molecule is NC(=O)C1CCN(C(=O)N2CCCC2)CC1. The monoisotopic (exact) mass is 225 g/mol. The fourth-order valence-electron chi connectivity index (χ4n) is 2.46. The fraction of sp³-hybridized carbons (Fsp3) is 0.818. The summed E-state index contributed by atoms with van der Waals surface area (Å²) in [7, 11) is 0. The lowest BCUT2D eigenvalue weighted by atomic mass is 9.96. The number of amides is 3. The molecule has 0 aromatic rings. The molecule has 3 amide bonds. The van der Waals surface area contributed by atoms with Crippen molar-refractivity contribution in [1.29, 1.82) is 0 Å². The molecule has 5 nitrogen and oxygen atoms in total. The lowest BCUT2D eigenvalue weighted by Gasteiger charge is -2.33. The van der Waals surface area contributed by atoms with E-state index < -0.39 is 0 Å². The van der Waals surface area contributed by atoms with Crippen LogP contribution in [0.3, 0.4) is 0 Å². The number of nitrogens with zero attached hydrogens (tertiary/aromatic N) is 2. The summed E-state index contributed by atoms with van der Waals surface area (Å²) in [6, 6.07) is 0.139. The topological polar surface area (TPSA) is 66.6 Å². The van der Waals surface area contributed by atoms with Crippen LogP contribution in [0.5, 0.6) is 0 Å². The Bertz CT molecular complexity index is 279. The third-order valence-corrected chi connectivity index (χ3v) is 3.54. The maximum atomic E-state index is 12.0. The second kappa shape index (κ2) is 4.72. The van der Waals surface area contributed by atoms with Crippen molar-refractivity contribution in [3.63, 3.8) is 0 Å². The van der Waals surface area contributed by atoms with Crippen LogP contribution >= 0.6 is 0 Å². The average molecular weight is 225 g/mol. The Morgan fingerprint density at radius 2 is 1.44 bits per heavy atom. The fourth-order valence-corrected chi connectivity index (χ4v) is 2.46. The van der Waals surface area contributed by atoms with Crippen LogP contribution in [0, 0.1) is 5.92 Å². The minimum Gasteiger partial charge on any atom is -0.369 e. The summed E-state index contributed by atoms with van der Waals surface area (Å²) in [5, 5.41) is 0.